The number of aromatic nitrogens is 1. The second-order valence-electron chi connectivity index (χ2n) is 5.19. The highest BCUT2D eigenvalue weighted by molar-refractivity contribution is 8.13. The Balaban J connectivity index is 1.72. The largest absolute Gasteiger partial charge is 0.497 e. The lowest BCUT2D eigenvalue weighted by Crippen LogP contribution is -2.33. The van der Waals surface area contributed by atoms with Crippen LogP contribution in [0.1, 0.15) is 0 Å². The van der Waals surface area contributed by atoms with Gasteiger partial charge in [0, 0.05) is 23.2 Å². The molecule has 2 heterocycles. The van der Waals surface area contributed by atoms with Gasteiger partial charge in [-0.1, -0.05) is 11.8 Å². The van der Waals surface area contributed by atoms with Gasteiger partial charge >= 0.3 is 0 Å². The molecular formula is C16H17N3O4S2. The zero-order valence-corrected chi connectivity index (χ0v) is 15.4. The minimum atomic E-state index is -0.255. The summed E-state index contributed by atoms with van der Waals surface area (Å²) < 4.78 is 10.6. The predicted molar refractivity (Wildman–Crippen MR) is 98.7 cm³/mol. The summed E-state index contributed by atoms with van der Waals surface area (Å²) in [6.45, 7) is 0.643. The molecule has 25 heavy (non-hydrogen) atoms. The van der Waals surface area contributed by atoms with Crippen molar-refractivity contribution in [2.24, 2.45) is 0 Å². The molecule has 0 saturated carbocycles. The van der Waals surface area contributed by atoms with E-state index in [1.807, 2.05) is 23.6 Å². The van der Waals surface area contributed by atoms with Crippen molar-refractivity contribution in [1.29, 1.82) is 0 Å². The third kappa shape index (κ3) is 4.05. The first-order chi connectivity index (χ1) is 12.1. The van der Waals surface area contributed by atoms with Crippen LogP contribution in [0.5, 0.6) is 11.5 Å². The molecule has 1 aromatic carbocycles. The summed E-state index contributed by atoms with van der Waals surface area (Å²) >= 11 is 2.55. The zero-order valence-electron chi connectivity index (χ0n) is 13.8. The molecule has 0 radical (unpaired) electrons. The predicted octanol–water partition coefficient (Wildman–Crippen LogP) is 2.93. The van der Waals surface area contributed by atoms with Crippen molar-refractivity contribution >= 4 is 39.4 Å². The summed E-state index contributed by atoms with van der Waals surface area (Å²) in [6, 6.07) is 5.45. The average Bonchev–Trinajstić information content (AvgIpc) is 3.23. The number of rotatable bonds is 6. The quantitative estimate of drug-likeness (QED) is 0.831. The fourth-order valence-electron chi connectivity index (χ4n) is 2.37. The number of thiazole rings is 1. The topological polar surface area (TPSA) is 80.8 Å². The minimum Gasteiger partial charge on any atom is -0.497 e. The monoisotopic (exact) mass is 379 g/mol. The highest BCUT2D eigenvalue weighted by atomic mass is 32.2. The Bertz CT molecular complexity index is 793. The van der Waals surface area contributed by atoms with Crippen LogP contribution in [-0.4, -0.2) is 54.1 Å². The van der Waals surface area contributed by atoms with Gasteiger partial charge in [-0.25, -0.2) is 4.98 Å². The van der Waals surface area contributed by atoms with Gasteiger partial charge in [0.15, 0.2) is 5.13 Å². The molecule has 7 nitrogen and oxygen atoms in total. The molecule has 0 spiro atoms. The molecule has 9 heteroatoms. The maximum atomic E-state index is 12.1. The summed E-state index contributed by atoms with van der Waals surface area (Å²) in [5.41, 5.74) is 1.47. The first-order valence-electron chi connectivity index (χ1n) is 7.50. The van der Waals surface area contributed by atoms with Crippen LogP contribution in [0.15, 0.2) is 23.6 Å². The first-order valence-corrected chi connectivity index (χ1v) is 9.36. The third-order valence-electron chi connectivity index (χ3n) is 3.61. The van der Waals surface area contributed by atoms with Gasteiger partial charge in [-0.3, -0.25) is 9.59 Å². The number of amides is 2. The van der Waals surface area contributed by atoms with Crippen LogP contribution in [0.4, 0.5) is 9.93 Å². The van der Waals surface area contributed by atoms with Crippen LogP contribution in [0.2, 0.25) is 0 Å². The molecule has 1 aliphatic rings. The van der Waals surface area contributed by atoms with Crippen molar-refractivity contribution in [2.45, 2.75) is 0 Å². The number of carbonyl (C=O) groups is 2. The molecule has 3 rings (SSSR count). The summed E-state index contributed by atoms with van der Waals surface area (Å²) in [4.78, 5) is 29.6. The Morgan fingerprint density at radius 2 is 2.20 bits per heavy atom. The van der Waals surface area contributed by atoms with Crippen molar-refractivity contribution in [3.05, 3.63) is 23.6 Å². The van der Waals surface area contributed by atoms with E-state index in [1.165, 1.54) is 28.0 Å². The van der Waals surface area contributed by atoms with Gasteiger partial charge in [0.1, 0.15) is 18.0 Å². The molecular weight excluding hydrogens is 362 g/mol. The molecule has 0 bridgehead atoms. The Hall–Kier alpha value is -2.26. The van der Waals surface area contributed by atoms with E-state index in [2.05, 4.69) is 10.3 Å². The normalized spacial score (nSPS) is 13.8. The van der Waals surface area contributed by atoms with Gasteiger partial charge in [-0.05, 0) is 18.2 Å². The lowest BCUT2D eigenvalue weighted by molar-refractivity contribution is -0.116. The molecule has 0 atom stereocenters. The zero-order chi connectivity index (χ0) is 17.8. The maximum absolute atomic E-state index is 12.1. The van der Waals surface area contributed by atoms with E-state index in [0.717, 1.165) is 11.3 Å². The van der Waals surface area contributed by atoms with E-state index in [1.54, 1.807) is 14.2 Å². The Labute approximate surface area is 153 Å². The number of ether oxygens (including phenoxy) is 2. The number of nitrogens with zero attached hydrogens (tertiary/aromatic N) is 2. The van der Waals surface area contributed by atoms with Crippen LogP contribution in [0.25, 0.3) is 11.3 Å². The van der Waals surface area contributed by atoms with Crippen LogP contribution >= 0.6 is 23.1 Å². The smallest absolute Gasteiger partial charge is 0.282 e. The first kappa shape index (κ1) is 17.6. The molecule has 1 saturated heterocycles. The van der Waals surface area contributed by atoms with Crippen molar-refractivity contribution in [3.8, 4) is 22.8 Å². The van der Waals surface area contributed by atoms with Crippen LogP contribution in [0, 0.1) is 0 Å². The lowest BCUT2D eigenvalue weighted by atomic mass is 10.1. The number of thioether (sulfide) groups is 1. The molecule has 132 valence electrons. The Kier molecular flexibility index (Phi) is 5.44. The SMILES string of the molecule is COc1ccc(OC)c(-c2csc(NC(=O)CN3CCSC3=O)n2)c1. The summed E-state index contributed by atoms with van der Waals surface area (Å²) in [6.07, 6.45) is 0. The summed E-state index contributed by atoms with van der Waals surface area (Å²) in [5.74, 6) is 1.83. The summed E-state index contributed by atoms with van der Waals surface area (Å²) in [5, 5.41) is 4.99. The van der Waals surface area contributed by atoms with Gasteiger partial charge in [-0.15, -0.1) is 11.3 Å². The van der Waals surface area contributed by atoms with Crippen LogP contribution in [0.3, 0.4) is 0 Å². The second kappa shape index (κ2) is 7.75. The van der Waals surface area contributed by atoms with E-state index >= 15 is 0 Å². The van der Waals surface area contributed by atoms with Crippen LogP contribution in [-0.2, 0) is 4.79 Å². The Morgan fingerprint density at radius 3 is 2.88 bits per heavy atom. The molecule has 2 amide bonds. The minimum absolute atomic E-state index is 0.0449. The van der Waals surface area contributed by atoms with E-state index in [-0.39, 0.29) is 17.7 Å². The molecule has 0 unspecified atom stereocenters. The molecule has 1 fully saturated rings. The molecule has 1 N–H and O–H groups in total. The number of benzene rings is 1. The summed E-state index contributed by atoms with van der Waals surface area (Å²) in [7, 11) is 3.18. The number of methoxy groups -OCH3 is 2. The number of anilines is 1. The van der Waals surface area contributed by atoms with E-state index in [9.17, 15) is 9.59 Å². The van der Waals surface area contributed by atoms with E-state index in [0.29, 0.717) is 28.9 Å². The van der Waals surface area contributed by atoms with Gasteiger partial charge in [-0.2, -0.15) is 0 Å². The number of carbonyl (C=O) groups excluding carboxylic acids is 2. The van der Waals surface area contributed by atoms with Crippen molar-refractivity contribution < 1.29 is 19.1 Å². The third-order valence-corrected chi connectivity index (χ3v) is 5.26. The fraction of sp³-hybridized carbons (Fsp3) is 0.312. The highest BCUT2D eigenvalue weighted by Crippen LogP contribution is 2.35. The molecule has 0 aliphatic carbocycles. The molecule has 1 aliphatic heterocycles. The van der Waals surface area contributed by atoms with Crippen molar-refractivity contribution in [3.63, 3.8) is 0 Å². The van der Waals surface area contributed by atoms with Gasteiger partial charge < -0.3 is 19.7 Å². The van der Waals surface area contributed by atoms with Crippen molar-refractivity contribution in [1.82, 2.24) is 9.88 Å². The van der Waals surface area contributed by atoms with Gasteiger partial charge in [0.25, 0.3) is 5.24 Å². The average molecular weight is 379 g/mol. The fourth-order valence-corrected chi connectivity index (χ4v) is 3.92. The molecule has 1 aromatic heterocycles. The second-order valence-corrected chi connectivity index (χ2v) is 7.09. The van der Waals surface area contributed by atoms with Crippen molar-refractivity contribution in [2.75, 3.05) is 38.4 Å². The van der Waals surface area contributed by atoms with Gasteiger partial charge in [0.05, 0.1) is 19.9 Å². The highest BCUT2D eigenvalue weighted by Gasteiger charge is 2.23. The van der Waals surface area contributed by atoms with Crippen LogP contribution < -0.4 is 14.8 Å². The number of hydrogen-bond acceptors (Lipinski definition) is 7. The van der Waals surface area contributed by atoms with E-state index in [4.69, 9.17) is 9.47 Å². The van der Waals surface area contributed by atoms with E-state index < -0.39 is 0 Å². The molecule has 2 aromatic rings. The lowest BCUT2D eigenvalue weighted by Gasteiger charge is -2.12. The number of hydrogen-bond donors (Lipinski definition) is 1. The Morgan fingerprint density at radius 1 is 1.36 bits per heavy atom. The van der Waals surface area contributed by atoms with Gasteiger partial charge in [0.2, 0.25) is 5.91 Å². The standard InChI is InChI=1S/C16H17N3O4S2/c1-22-10-3-4-13(23-2)11(7-10)12-9-25-15(17-12)18-14(20)8-19-5-6-24-16(19)21/h3-4,7,9H,5-6,8H2,1-2H3,(H,17,18,20). The number of nitrogens with one attached hydrogen (secondary N) is 1. The maximum Gasteiger partial charge on any atom is 0.282 e.